The van der Waals surface area contributed by atoms with Gasteiger partial charge < -0.3 is 15.0 Å². The highest BCUT2D eigenvalue weighted by atomic mass is 16.5. The standard InChI is InChI=1S/C21H23N3O2/c1-16-2-6-18(7-3-16)20(15-24-10-12-26-13-11-24)23-21(25)19-8-4-17(14-22)5-9-19/h2-9,20H,10-13,15H2,1H3,(H,23,25)/p+1/t20-/m0/s1. The molecule has 2 aromatic rings. The van der Waals surface area contributed by atoms with Crippen molar-refractivity contribution in [1.29, 1.82) is 5.26 Å². The van der Waals surface area contributed by atoms with Crippen LogP contribution in [-0.2, 0) is 4.74 Å². The summed E-state index contributed by atoms with van der Waals surface area (Å²) in [6.07, 6.45) is 0. The predicted octanol–water partition coefficient (Wildman–Crippen LogP) is 1.25. The lowest BCUT2D eigenvalue weighted by Crippen LogP contribution is -3.14. The summed E-state index contributed by atoms with van der Waals surface area (Å²) in [5.41, 5.74) is 3.42. The lowest BCUT2D eigenvalue weighted by molar-refractivity contribution is -0.909. The summed E-state index contributed by atoms with van der Waals surface area (Å²) in [6.45, 7) is 6.32. The number of nitrogens with zero attached hydrogens (tertiary/aromatic N) is 1. The van der Waals surface area contributed by atoms with E-state index in [-0.39, 0.29) is 11.9 Å². The molecule has 1 aliphatic heterocycles. The zero-order valence-electron chi connectivity index (χ0n) is 15.0. The van der Waals surface area contributed by atoms with Gasteiger partial charge in [0, 0.05) is 5.56 Å². The maximum absolute atomic E-state index is 12.7. The molecular formula is C21H24N3O2+. The van der Waals surface area contributed by atoms with Crippen molar-refractivity contribution in [1.82, 2.24) is 5.32 Å². The Morgan fingerprint density at radius 3 is 2.42 bits per heavy atom. The second-order valence-corrected chi connectivity index (χ2v) is 6.69. The van der Waals surface area contributed by atoms with Crippen molar-refractivity contribution < 1.29 is 14.4 Å². The molecular weight excluding hydrogens is 326 g/mol. The number of carbonyl (C=O) groups is 1. The van der Waals surface area contributed by atoms with E-state index in [0.29, 0.717) is 11.1 Å². The number of nitriles is 1. The fraction of sp³-hybridized carbons (Fsp3) is 0.333. The molecule has 1 heterocycles. The van der Waals surface area contributed by atoms with Gasteiger partial charge in [0.1, 0.15) is 25.7 Å². The molecule has 5 heteroatoms. The summed E-state index contributed by atoms with van der Waals surface area (Å²) >= 11 is 0. The Morgan fingerprint density at radius 2 is 1.81 bits per heavy atom. The molecule has 2 aromatic carbocycles. The van der Waals surface area contributed by atoms with Crippen LogP contribution in [0.4, 0.5) is 0 Å². The lowest BCUT2D eigenvalue weighted by atomic mass is 10.0. The normalized spacial score (nSPS) is 15.8. The zero-order valence-corrected chi connectivity index (χ0v) is 15.0. The van der Waals surface area contributed by atoms with Gasteiger partial charge in [-0.15, -0.1) is 0 Å². The highest BCUT2D eigenvalue weighted by Gasteiger charge is 2.23. The number of aryl methyl sites for hydroxylation is 1. The molecule has 0 unspecified atom stereocenters. The van der Waals surface area contributed by atoms with E-state index in [9.17, 15) is 4.79 Å². The van der Waals surface area contributed by atoms with Crippen LogP contribution in [0.3, 0.4) is 0 Å². The molecule has 1 aliphatic rings. The van der Waals surface area contributed by atoms with Gasteiger partial charge in [-0.05, 0) is 36.8 Å². The van der Waals surface area contributed by atoms with Gasteiger partial charge in [0.15, 0.2) is 0 Å². The van der Waals surface area contributed by atoms with E-state index in [0.717, 1.165) is 38.4 Å². The SMILES string of the molecule is Cc1ccc([C@H](C[NH+]2CCOCC2)NC(=O)c2ccc(C#N)cc2)cc1. The van der Waals surface area contributed by atoms with Crippen molar-refractivity contribution in [2.45, 2.75) is 13.0 Å². The number of rotatable bonds is 5. The first-order chi connectivity index (χ1) is 12.7. The summed E-state index contributed by atoms with van der Waals surface area (Å²) in [4.78, 5) is 14.1. The highest BCUT2D eigenvalue weighted by Crippen LogP contribution is 2.14. The molecule has 1 fully saturated rings. The van der Waals surface area contributed by atoms with Crippen LogP contribution in [0, 0.1) is 18.3 Å². The summed E-state index contributed by atoms with van der Waals surface area (Å²) < 4.78 is 5.44. The van der Waals surface area contributed by atoms with Crippen LogP contribution in [0.1, 0.15) is 33.1 Å². The first-order valence-corrected chi connectivity index (χ1v) is 8.94. The maximum atomic E-state index is 12.7. The molecule has 0 aliphatic carbocycles. The van der Waals surface area contributed by atoms with Crippen molar-refractivity contribution in [2.24, 2.45) is 0 Å². The highest BCUT2D eigenvalue weighted by molar-refractivity contribution is 5.94. The van der Waals surface area contributed by atoms with Crippen LogP contribution < -0.4 is 10.2 Å². The third kappa shape index (κ3) is 4.69. The van der Waals surface area contributed by atoms with Crippen LogP contribution in [-0.4, -0.2) is 38.8 Å². The Labute approximate surface area is 154 Å². The molecule has 1 saturated heterocycles. The van der Waals surface area contributed by atoms with Crippen LogP contribution >= 0.6 is 0 Å². The number of ether oxygens (including phenoxy) is 1. The summed E-state index contributed by atoms with van der Waals surface area (Å²) in [5, 5.41) is 12.1. The van der Waals surface area contributed by atoms with Gasteiger partial charge in [0.2, 0.25) is 0 Å². The number of hydrogen-bond donors (Lipinski definition) is 2. The Balaban J connectivity index is 1.76. The zero-order chi connectivity index (χ0) is 18.4. The molecule has 0 bridgehead atoms. The number of quaternary nitrogens is 1. The van der Waals surface area contributed by atoms with E-state index in [1.54, 1.807) is 24.3 Å². The largest absolute Gasteiger partial charge is 0.370 e. The van der Waals surface area contributed by atoms with E-state index in [1.165, 1.54) is 10.5 Å². The van der Waals surface area contributed by atoms with Gasteiger partial charge in [-0.25, -0.2) is 0 Å². The van der Waals surface area contributed by atoms with Crippen LogP contribution in [0.5, 0.6) is 0 Å². The molecule has 2 N–H and O–H groups in total. The van der Waals surface area contributed by atoms with Gasteiger partial charge >= 0.3 is 0 Å². The van der Waals surface area contributed by atoms with Crippen molar-refractivity contribution in [3.63, 3.8) is 0 Å². The van der Waals surface area contributed by atoms with Gasteiger partial charge in [0.05, 0.1) is 24.8 Å². The molecule has 0 aromatic heterocycles. The quantitative estimate of drug-likeness (QED) is 0.853. The number of morpholine rings is 1. The van der Waals surface area contributed by atoms with Gasteiger partial charge in [-0.1, -0.05) is 29.8 Å². The van der Waals surface area contributed by atoms with Crippen LogP contribution in [0.15, 0.2) is 48.5 Å². The molecule has 0 saturated carbocycles. The van der Waals surface area contributed by atoms with E-state index in [1.807, 2.05) is 0 Å². The Morgan fingerprint density at radius 1 is 1.15 bits per heavy atom. The topological polar surface area (TPSA) is 66.6 Å². The van der Waals surface area contributed by atoms with Gasteiger partial charge in [-0.2, -0.15) is 5.26 Å². The average molecular weight is 350 g/mol. The van der Waals surface area contributed by atoms with Gasteiger partial charge in [-0.3, -0.25) is 4.79 Å². The second kappa shape index (κ2) is 8.61. The Hall–Kier alpha value is -2.68. The molecule has 0 radical (unpaired) electrons. The third-order valence-corrected chi connectivity index (χ3v) is 4.75. The first kappa shape index (κ1) is 18.1. The Kier molecular flexibility index (Phi) is 6.00. The van der Waals surface area contributed by atoms with Crippen molar-refractivity contribution in [3.8, 4) is 6.07 Å². The smallest absolute Gasteiger partial charge is 0.251 e. The Bertz CT molecular complexity index is 772. The lowest BCUT2D eigenvalue weighted by Gasteiger charge is -2.28. The predicted molar refractivity (Wildman–Crippen MR) is 98.9 cm³/mol. The van der Waals surface area contributed by atoms with E-state index < -0.39 is 0 Å². The molecule has 134 valence electrons. The average Bonchev–Trinajstić information content (AvgIpc) is 2.69. The number of nitrogens with one attached hydrogen (secondary N) is 2. The fourth-order valence-corrected chi connectivity index (χ4v) is 3.14. The summed E-state index contributed by atoms with van der Waals surface area (Å²) in [6, 6.07) is 17.1. The molecule has 1 amide bonds. The number of hydrogen-bond acceptors (Lipinski definition) is 3. The number of carbonyl (C=O) groups excluding carboxylic acids is 1. The van der Waals surface area contributed by atoms with Crippen LogP contribution in [0.25, 0.3) is 0 Å². The molecule has 0 spiro atoms. The van der Waals surface area contributed by atoms with E-state index in [2.05, 4.69) is 42.6 Å². The first-order valence-electron chi connectivity index (χ1n) is 8.94. The fourth-order valence-electron chi connectivity index (χ4n) is 3.14. The molecule has 26 heavy (non-hydrogen) atoms. The number of amides is 1. The van der Waals surface area contributed by atoms with Crippen molar-refractivity contribution in [2.75, 3.05) is 32.8 Å². The maximum Gasteiger partial charge on any atom is 0.251 e. The second-order valence-electron chi connectivity index (χ2n) is 6.69. The molecule has 5 nitrogen and oxygen atoms in total. The summed E-state index contributed by atoms with van der Waals surface area (Å²) in [5.74, 6) is -0.118. The molecule has 1 atom stereocenters. The third-order valence-electron chi connectivity index (χ3n) is 4.75. The number of benzene rings is 2. The molecule has 3 rings (SSSR count). The van der Waals surface area contributed by atoms with E-state index >= 15 is 0 Å². The van der Waals surface area contributed by atoms with Crippen LogP contribution in [0.2, 0.25) is 0 Å². The minimum atomic E-state index is -0.118. The monoisotopic (exact) mass is 350 g/mol. The minimum Gasteiger partial charge on any atom is -0.370 e. The summed E-state index contributed by atoms with van der Waals surface area (Å²) in [7, 11) is 0. The minimum absolute atomic E-state index is 0.0631. The van der Waals surface area contributed by atoms with Crippen molar-refractivity contribution in [3.05, 3.63) is 70.8 Å². The van der Waals surface area contributed by atoms with Gasteiger partial charge in [0.25, 0.3) is 5.91 Å². The van der Waals surface area contributed by atoms with Crippen molar-refractivity contribution >= 4 is 5.91 Å². The van der Waals surface area contributed by atoms with E-state index in [4.69, 9.17) is 10.00 Å².